The van der Waals surface area contributed by atoms with E-state index in [1.807, 2.05) is 36.4 Å². The average Bonchev–Trinajstić information content (AvgIpc) is 2.48. The molecule has 0 unspecified atom stereocenters. The number of nitrogens with one attached hydrogen (secondary N) is 1. The quantitative estimate of drug-likeness (QED) is 0.851. The lowest BCUT2D eigenvalue weighted by Crippen LogP contribution is -2.36. The third-order valence-electron chi connectivity index (χ3n) is 4.05. The molecule has 1 aliphatic rings. The van der Waals surface area contributed by atoms with Gasteiger partial charge < -0.3 is 5.32 Å². The van der Waals surface area contributed by atoms with Crippen LogP contribution in [0.5, 0.6) is 0 Å². The van der Waals surface area contributed by atoms with E-state index in [-0.39, 0.29) is 5.91 Å². The lowest BCUT2D eigenvalue weighted by atomic mass is 9.95. The number of halogens is 1. The molecule has 0 aliphatic heterocycles. The van der Waals surface area contributed by atoms with E-state index in [0.29, 0.717) is 6.04 Å². The minimum Gasteiger partial charge on any atom is -0.349 e. The maximum absolute atomic E-state index is 12.5. The van der Waals surface area contributed by atoms with Gasteiger partial charge in [0, 0.05) is 16.1 Å². The van der Waals surface area contributed by atoms with Gasteiger partial charge in [0.05, 0.1) is 0 Å². The second-order valence-corrected chi connectivity index (χ2v) is 6.30. The van der Waals surface area contributed by atoms with E-state index in [1.165, 1.54) is 19.3 Å². The Morgan fingerprint density at radius 3 is 2.50 bits per heavy atom. The molecular formula is C17H18BrNO. The highest BCUT2D eigenvalue weighted by atomic mass is 79.9. The zero-order chi connectivity index (χ0) is 13.9. The van der Waals surface area contributed by atoms with Gasteiger partial charge in [-0.3, -0.25) is 4.79 Å². The summed E-state index contributed by atoms with van der Waals surface area (Å²) in [6, 6.07) is 12.2. The summed E-state index contributed by atoms with van der Waals surface area (Å²) in [6.45, 7) is 0. The van der Waals surface area contributed by atoms with E-state index in [4.69, 9.17) is 0 Å². The molecule has 1 fully saturated rings. The van der Waals surface area contributed by atoms with Crippen molar-refractivity contribution in [1.82, 2.24) is 5.32 Å². The van der Waals surface area contributed by atoms with E-state index in [2.05, 4.69) is 21.2 Å². The Morgan fingerprint density at radius 1 is 1.00 bits per heavy atom. The molecule has 0 saturated heterocycles. The van der Waals surface area contributed by atoms with Crippen LogP contribution in [-0.2, 0) is 0 Å². The Hall–Kier alpha value is -1.35. The van der Waals surface area contributed by atoms with Gasteiger partial charge in [-0.2, -0.15) is 0 Å². The molecule has 0 atom stereocenters. The van der Waals surface area contributed by atoms with Crippen LogP contribution in [-0.4, -0.2) is 11.9 Å². The van der Waals surface area contributed by atoms with Crippen LogP contribution in [0.15, 0.2) is 40.9 Å². The van der Waals surface area contributed by atoms with Gasteiger partial charge in [0.1, 0.15) is 0 Å². The summed E-state index contributed by atoms with van der Waals surface area (Å²) in [5.41, 5.74) is 0.773. The molecule has 3 rings (SSSR count). The SMILES string of the molecule is O=C(NC1CCCCC1)c1cccc2c(Br)cccc12. The number of hydrogen-bond acceptors (Lipinski definition) is 1. The van der Waals surface area contributed by atoms with Crippen LogP contribution in [0.3, 0.4) is 0 Å². The van der Waals surface area contributed by atoms with Gasteiger partial charge in [0.15, 0.2) is 0 Å². The third kappa shape index (κ3) is 2.73. The molecule has 1 amide bonds. The van der Waals surface area contributed by atoms with Crippen LogP contribution in [0.2, 0.25) is 0 Å². The van der Waals surface area contributed by atoms with Gasteiger partial charge in [-0.05, 0) is 35.7 Å². The van der Waals surface area contributed by atoms with Crippen molar-refractivity contribution in [2.24, 2.45) is 0 Å². The van der Waals surface area contributed by atoms with E-state index in [1.54, 1.807) is 0 Å². The van der Waals surface area contributed by atoms with Crippen molar-refractivity contribution >= 4 is 32.6 Å². The van der Waals surface area contributed by atoms with Crippen LogP contribution < -0.4 is 5.32 Å². The molecule has 20 heavy (non-hydrogen) atoms. The topological polar surface area (TPSA) is 29.1 Å². The molecule has 2 aromatic rings. The van der Waals surface area contributed by atoms with Gasteiger partial charge >= 0.3 is 0 Å². The molecule has 0 heterocycles. The summed E-state index contributed by atoms with van der Waals surface area (Å²) in [5.74, 6) is 0.0561. The Bertz CT molecular complexity index is 632. The minimum absolute atomic E-state index is 0.0561. The predicted octanol–water partition coefficient (Wildman–Crippen LogP) is 4.66. The monoisotopic (exact) mass is 331 g/mol. The average molecular weight is 332 g/mol. The highest BCUT2D eigenvalue weighted by Gasteiger charge is 2.18. The summed E-state index contributed by atoms with van der Waals surface area (Å²) in [5, 5.41) is 5.29. The molecule has 1 aliphatic carbocycles. The fraction of sp³-hybridized carbons (Fsp3) is 0.353. The summed E-state index contributed by atoms with van der Waals surface area (Å²) < 4.78 is 1.03. The summed E-state index contributed by atoms with van der Waals surface area (Å²) in [4.78, 5) is 12.5. The maximum Gasteiger partial charge on any atom is 0.252 e. The van der Waals surface area contributed by atoms with Crippen molar-refractivity contribution in [3.63, 3.8) is 0 Å². The lowest BCUT2D eigenvalue weighted by molar-refractivity contribution is 0.0929. The van der Waals surface area contributed by atoms with Gasteiger partial charge in [-0.15, -0.1) is 0 Å². The highest BCUT2D eigenvalue weighted by Crippen LogP contribution is 2.26. The summed E-state index contributed by atoms with van der Waals surface area (Å²) >= 11 is 3.55. The summed E-state index contributed by atoms with van der Waals surface area (Å²) in [6.07, 6.45) is 5.98. The number of hydrogen-bond donors (Lipinski definition) is 1. The lowest BCUT2D eigenvalue weighted by Gasteiger charge is -2.23. The van der Waals surface area contributed by atoms with Crippen molar-refractivity contribution in [3.8, 4) is 0 Å². The summed E-state index contributed by atoms with van der Waals surface area (Å²) in [7, 11) is 0. The molecular weight excluding hydrogens is 314 g/mol. The Morgan fingerprint density at radius 2 is 1.70 bits per heavy atom. The minimum atomic E-state index is 0.0561. The van der Waals surface area contributed by atoms with Gasteiger partial charge in [0.25, 0.3) is 5.91 Å². The third-order valence-corrected chi connectivity index (χ3v) is 4.75. The molecule has 0 radical (unpaired) electrons. The van der Waals surface area contributed by atoms with Crippen molar-refractivity contribution in [2.45, 2.75) is 38.1 Å². The Labute approximate surface area is 127 Å². The highest BCUT2D eigenvalue weighted by molar-refractivity contribution is 9.10. The van der Waals surface area contributed by atoms with Crippen LogP contribution in [0.25, 0.3) is 10.8 Å². The smallest absolute Gasteiger partial charge is 0.252 e. The molecule has 0 aromatic heterocycles. The van der Waals surface area contributed by atoms with E-state index in [9.17, 15) is 4.79 Å². The molecule has 3 heteroatoms. The van der Waals surface area contributed by atoms with Gasteiger partial charge in [-0.1, -0.05) is 59.5 Å². The van der Waals surface area contributed by atoms with Gasteiger partial charge in [0.2, 0.25) is 0 Å². The number of fused-ring (bicyclic) bond motifs is 1. The standard InChI is InChI=1S/C17H18BrNO/c18-16-11-5-8-13-14(16)9-4-10-15(13)17(20)19-12-6-2-1-3-7-12/h4-5,8-12H,1-3,6-7H2,(H,19,20). The molecule has 2 aromatic carbocycles. The fourth-order valence-corrected chi connectivity index (χ4v) is 3.48. The van der Waals surface area contributed by atoms with E-state index in [0.717, 1.165) is 33.7 Å². The molecule has 1 N–H and O–H groups in total. The van der Waals surface area contributed by atoms with Crippen molar-refractivity contribution in [3.05, 3.63) is 46.4 Å². The van der Waals surface area contributed by atoms with Crippen LogP contribution in [0.4, 0.5) is 0 Å². The molecule has 0 spiro atoms. The first-order valence-corrected chi connectivity index (χ1v) is 8.03. The Balaban J connectivity index is 1.89. The molecule has 0 bridgehead atoms. The van der Waals surface area contributed by atoms with E-state index < -0.39 is 0 Å². The maximum atomic E-state index is 12.5. The van der Waals surface area contributed by atoms with Crippen molar-refractivity contribution in [2.75, 3.05) is 0 Å². The fourth-order valence-electron chi connectivity index (χ4n) is 2.98. The van der Waals surface area contributed by atoms with Crippen LogP contribution in [0.1, 0.15) is 42.5 Å². The first kappa shape index (κ1) is 13.6. The zero-order valence-electron chi connectivity index (χ0n) is 11.4. The number of amides is 1. The van der Waals surface area contributed by atoms with Gasteiger partial charge in [-0.25, -0.2) is 0 Å². The second-order valence-electron chi connectivity index (χ2n) is 5.45. The first-order valence-electron chi connectivity index (χ1n) is 7.24. The molecule has 2 nitrogen and oxygen atoms in total. The van der Waals surface area contributed by atoms with Crippen LogP contribution >= 0.6 is 15.9 Å². The van der Waals surface area contributed by atoms with E-state index >= 15 is 0 Å². The predicted molar refractivity (Wildman–Crippen MR) is 86.0 cm³/mol. The number of carbonyl (C=O) groups excluding carboxylic acids is 1. The molecule has 1 saturated carbocycles. The zero-order valence-corrected chi connectivity index (χ0v) is 12.9. The Kier molecular flexibility index (Phi) is 4.06. The van der Waals surface area contributed by atoms with Crippen molar-refractivity contribution in [1.29, 1.82) is 0 Å². The first-order chi connectivity index (χ1) is 9.75. The number of benzene rings is 2. The van der Waals surface area contributed by atoms with Crippen LogP contribution in [0, 0.1) is 0 Å². The van der Waals surface area contributed by atoms with Crippen molar-refractivity contribution < 1.29 is 4.79 Å². The largest absolute Gasteiger partial charge is 0.349 e. The molecule has 104 valence electrons. The second kappa shape index (κ2) is 5.96. The number of carbonyl (C=O) groups is 1. The normalized spacial score (nSPS) is 16.2. The number of rotatable bonds is 2.